The third kappa shape index (κ3) is 4.59. The molecule has 0 unspecified atom stereocenters. The van der Waals surface area contributed by atoms with Gasteiger partial charge in [0.2, 0.25) is 0 Å². The van der Waals surface area contributed by atoms with E-state index in [1.807, 2.05) is 0 Å². The van der Waals surface area contributed by atoms with Crippen LogP contribution in [-0.4, -0.2) is 0 Å². The molecule has 4 saturated carbocycles. The van der Waals surface area contributed by atoms with Crippen LogP contribution in [0.2, 0.25) is 0 Å². The molecule has 250 valence electrons. The van der Waals surface area contributed by atoms with E-state index in [0.29, 0.717) is 21.7 Å². The van der Waals surface area contributed by atoms with Crippen LogP contribution < -0.4 is 0 Å². The first-order chi connectivity index (χ1) is 23.1. The number of rotatable bonds is 0. The van der Waals surface area contributed by atoms with Crippen molar-refractivity contribution in [3.8, 4) is 22.3 Å². The van der Waals surface area contributed by atoms with Crippen LogP contribution in [0.3, 0.4) is 0 Å². The highest BCUT2D eigenvalue weighted by atomic mass is 80.9. The summed E-state index contributed by atoms with van der Waals surface area (Å²) in [7, 11) is 0. The van der Waals surface area contributed by atoms with Crippen LogP contribution in [0.15, 0.2) is 93.9 Å². The molecule has 4 aromatic carbocycles. The van der Waals surface area contributed by atoms with Crippen LogP contribution in [0.25, 0.3) is 22.3 Å². The van der Waals surface area contributed by atoms with E-state index in [4.69, 9.17) is 0 Å². The van der Waals surface area contributed by atoms with Crippen LogP contribution in [0.5, 0.6) is 0 Å². The molecule has 0 nitrogen and oxygen atoms in total. The normalized spacial score (nSPS) is 35.6. The van der Waals surface area contributed by atoms with Gasteiger partial charge in [-0.3, -0.25) is 0 Å². The highest BCUT2D eigenvalue weighted by molar-refractivity contribution is 9.93. The predicted molar refractivity (Wildman–Crippen MR) is 217 cm³/mol. The molecule has 0 N–H and O–H groups in total. The maximum absolute atomic E-state index is 3.75. The van der Waals surface area contributed by atoms with Crippen LogP contribution in [0, 0.1) is 23.7 Å². The van der Waals surface area contributed by atoms with Gasteiger partial charge in [-0.2, -0.15) is 0 Å². The van der Waals surface area contributed by atoms with E-state index < -0.39 is 0 Å². The van der Waals surface area contributed by atoms with Gasteiger partial charge in [0.25, 0.3) is 0 Å². The van der Waals surface area contributed by atoms with E-state index in [-0.39, 0.29) is 0 Å². The molecule has 0 amide bonds. The summed E-state index contributed by atoms with van der Waals surface area (Å²) in [6, 6.07) is 32.5. The molecule has 4 fully saturated rings. The minimum absolute atomic E-state index is 0.332. The van der Waals surface area contributed by atoms with Crippen molar-refractivity contribution in [1.29, 1.82) is 0 Å². The molecule has 4 heteroatoms. The Balaban J connectivity index is 0.000000134. The Morgan fingerprint density at radius 3 is 1.00 bits per heavy atom. The molecule has 0 spiro atoms. The Kier molecular flexibility index (Phi) is 8.62. The van der Waals surface area contributed by atoms with Crippen LogP contribution in [0.1, 0.15) is 101 Å². The minimum Gasteiger partial charge on any atom is -0.0624 e. The van der Waals surface area contributed by atoms with Gasteiger partial charge in [-0.25, -0.2) is 0 Å². The van der Waals surface area contributed by atoms with Crippen molar-refractivity contribution >= 4 is 60.1 Å². The second kappa shape index (κ2) is 12.2. The average Bonchev–Trinajstić information content (AvgIpc) is 3.73. The smallest absolute Gasteiger partial charge is 0.0178 e. The molecule has 0 heterocycles. The highest BCUT2D eigenvalue weighted by Gasteiger charge is 2.66. The van der Waals surface area contributed by atoms with Crippen molar-refractivity contribution in [3.63, 3.8) is 0 Å². The lowest BCUT2D eigenvalue weighted by molar-refractivity contribution is 0.299. The zero-order valence-electron chi connectivity index (χ0n) is 28.6. The highest BCUT2D eigenvalue weighted by Crippen LogP contribution is 2.73. The molecular weight excluding hydrogens is 848 g/mol. The summed E-state index contributed by atoms with van der Waals surface area (Å²) in [5.41, 5.74) is 14.0. The lowest BCUT2D eigenvalue weighted by Gasteiger charge is -2.47. The van der Waals surface area contributed by atoms with E-state index in [9.17, 15) is 0 Å². The van der Waals surface area contributed by atoms with Crippen LogP contribution in [0.4, 0.5) is 0 Å². The molecule has 0 atom stereocenters. The molecule has 4 aromatic rings. The predicted octanol–water partition coefficient (Wildman–Crippen LogP) is 14.6. The number of hydrogen-bond acceptors (Lipinski definition) is 0. The van der Waals surface area contributed by atoms with Crippen molar-refractivity contribution in [3.05, 3.63) is 116 Å². The number of hydrogen-bond donors (Lipinski definition) is 0. The van der Waals surface area contributed by atoms with Gasteiger partial charge in [-0.1, -0.05) is 120 Å². The van der Waals surface area contributed by atoms with Gasteiger partial charge in [-0.15, -0.1) is 0 Å². The van der Waals surface area contributed by atoms with E-state index in [0.717, 1.165) is 23.7 Å². The molecule has 6 aliphatic carbocycles. The molecule has 0 bridgehead atoms. The van der Waals surface area contributed by atoms with Gasteiger partial charge >= 0.3 is 0 Å². The van der Waals surface area contributed by atoms with E-state index in [2.05, 4.69) is 173 Å². The number of benzene rings is 4. The third-order valence-corrected chi connectivity index (χ3v) is 14.9. The van der Waals surface area contributed by atoms with Crippen molar-refractivity contribution in [1.82, 2.24) is 0 Å². The molecule has 10 rings (SSSR count). The maximum atomic E-state index is 3.75. The van der Waals surface area contributed by atoms with Crippen molar-refractivity contribution < 1.29 is 0 Å². The molecule has 48 heavy (non-hydrogen) atoms. The standard InChI is InChI=1S/C22H22Br2.C22H24.Br2/c1-13-9-21-11-14(2)12-22(21,10-13)20-8-16(24)4-6-18(20)17-5-3-15(23)7-19(17)21;1-15-11-21-13-16(2)14-22(21,12-15)20-10-6-4-8-18(20)17-7-3-5-9-19(17)21;1-2/h3-8,13-14H,9-12H2,1-2H3;3-10,15-16H,11-14H2,1-2H3;. The third-order valence-electron chi connectivity index (χ3n) is 13.9. The van der Waals surface area contributed by atoms with E-state index in [1.165, 1.54) is 82.6 Å². The topological polar surface area (TPSA) is 0 Å². The summed E-state index contributed by atoms with van der Waals surface area (Å²) in [6.45, 7) is 9.88. The Morgan fingerprint density at radius 2 is 0.667 bits per heavy atom. The average molecular weight is 894 g/mol. The summed E-state index contributed by atoms with van der Waals surface area (Å²) < 4.78 is 2.45. The molecule has 0 aromatic heterocycles. The second-order valence-corrected chi connectivity index (χ2v) is 18.7. The van der Waals surface area contributed by atoms with Crippen molar-refractivity contribution in [2.75, 3.05) is 0 Å². The molecule has 6 aliphatic rings. The van der Waals surface area contributed by atoms with Gasteiger partial charge < -0.3 is 0 Å². The lowest BCUT2D eigenvalue weighted by atomic mass is 9.55. The van der Waals surface area contributed by atoms with Gasteiger partial charge in [0.15, 0.2) is 0 Å². The molecular formula is C44H46Br4. The first-order valence-corrected chi connectivity index (χ1v) is 23.4. The van der Waals surface area contributed by atoms with Crippen LogP contribution in [-0.2, 0) is 21.7 Å². The summed E-state index contributed by atoms with van der Waals surface area (Å²) in [4.78, 5) is 0. The quantitative estimate of drug-likeness (QED) is 0.165. The van der Waals surface area contributed by atoms with Gasteiger partial charge in [0.1, 0.15) is 0 Å². The first-order valence-electron chi connectivity index (χ1n) is 18.1. The monoisotopic (exact) mass is 890 g/mol. The Labute approximate surface area is 320 Å². The maximum Gasteiger partial charge on any atom is 0.0178 e. The summed E-state index contributed by atoms with van der Waals surface area (Å²) >= 11 is 13.0. The molecule has 0 saturated heterocycles. The van der Waals surface area contributed by atoms with E-state index in [1.54, 1.807) is 22.3 Å². The number of fused-ring (bicyclic) bond motifs is 6. The fourth-order valence-corrected chi connectivity index (χ4v) is 14.1. The number of halogens is 4. The zero-order chi connectivity index (χ0) is 33.6. The van der Waals surface area contributed by atoms with Crippen molar-refractivity contribution in [2.45, 2.75) is 101 Å². The minimum atomic E-state index is 0.332. The SMILES string of the molecule is BrBr.CC1CC23CC(C)CC2(C1)c1cc(Br)ccc1-c1ccc(Br)cc13.CC1CC23CC(C)CC2(C1)c1ccccc1-c1ccccc13. The molecule has 0 radical (unpaired) electrons. The zero-order valence-corrected chi connectivity index (χ0v) is 34.9. The fourth-order valence-electron chi connectivity index (χ4n) is 13.4. The van der Waals surface area contributed by atoms with Crippen molar-refractivity contribution in [2.24, 2.45) is 23.7 Å². The van der Waals surface area contributed by atoms with Crippen LogP contribution >= 0.6 is 60.1 Å². The van der Waals surface area contributed by atoms with E-state index >= 15 is 0 Å². The first kappa shape index (κ1) is 33.9. The Morgan fingerprint density at radius 1 is 0.396 bits per heavy atom. The lowest BCUT2D eigenvalue weighted by Crippen LogP contribution is -2.43. The summed E-state index contributed by atoms with van der Waals surface area (Å²) in [6.07, 6.45) is 10.9. The van der Waals surface area contributed by atoms with Gasteiger partial charge in [-0.05, 0) is 144 Å². The summed E-state index contributed by atoms with van der Waals surface area (Å²) in [5, 5.41) is 0. The second-order valence-electron chi connectivity index (χ2n) is 16.9. The van der Waals surface area contributed by atoms with Gasteiger partial charge in [0.05, 0.1) is 0 Å². The largest absolute Gasteiger partial charge is 0.0624 e. The fraction of sp³-hybridized carbons (Fsp3) is 0.455. The Hall–Kier alpha value is -1.20. The van der Waals surface area contributed by atoms with Gasteiger partial charge in [0, 0.05) is 58.9 Å². The summed E-state index contributed by atoms with van der Waals surface area (Å²) in [5.74, 6) is 3.28. The molecule has 0 aliphatic heterocycles. The Bertz CT molecular complexity index is 1730.